The molecule has 0 unspecified atom stereocenters. The molecule has 12 heavy (non-hydrogen) atoms. The molecular formula is C12H18. The van der Waals surface area contributed by atoms with Crippen LogP contribution in [-0.4, -0.2) is 0 Å². The lowest BCUT2D eigenvalue weighted by atomic mass is 10.2. The smallest absolute Gasteiger partial charge is 0.0209 e. The first-order chi connectivity index (χ1) is 5.91. The second-order valence-corrected chi connectivity index (χ2v) is 2.61. The van der Waals surface area contributed by atoms with E-state index >= 15 is 0 Å². The lowest BCUT2D eigenvalue weighted by molar-refractivity contribution is 0.943. The fourth-order valence-corrected chi connectivity index (χ4v) is 0.801. The van der Waals surface area contributed by atoms with Crippen LogP contribution < -0.4 is 0 Å². The second-order valence-electron chi connectivity index (χ2n) is 2.61. The van der Waals surface area contributed by atoms with E-state index < -0.39 is 0 Å². The molecule has 0 aliphatic heterocycles. The van der Waals surface area contributed by atoms with Crippen molar-refractivity contribution in [1.29, 1.82) is 0 Å². The van der Waals surface area contributed by atoms with Crippen LogP contribution in [0.3, 0.4) is 0 Å². The molecule has 0 aliphatic rings. The normalized spacial score (nSPS) is 9.42. The van der Waals surface area contributed by atoms with Crippen molar-refractivity contribution in [3.63, 3.8) is 0 Å². The molecule has 0 aromatic rings. The minimum Gasteiger partial charge on any atom is -0.125 e. The van der Waals surface area contributed by atoms with E-state index in [0.29, 0.717) is 0 Å². The highest BCUT2D eigenvalue weighted by Gasteiger charge is 1.75. The van der Waals surface area contributed by atoms with Crippen molar-refractivity contribution in [2.45, 2.75) is 32.6 Å². The van der Waals surface area contributed by atoms with E-state index in [9.17, 15) is 0 Å². The Morgan fingerprint density at radius 3 is 2.58 bits per heavy atom. The molecule has 0 aromatic heterocycles. The van der Waals surface area contributed by atoms with Gasteiger partial charge in [-0.05, 0) is 31.4 Å². The molecule has 0 aromatic carbocycles. The molecule has 0 saturated carbocycles. The quantitative estimate of drug-likeness (QED) is 0.239. The van der Waals surface area contributed by atoms with Crippen molar-refractivity contribution in [3.8, 4) is 0 Å². The molecule has 0 nitrogen and oxygen atoms in total. The molecule has 0 atom stereocenters. The van der Waals surface area contributed by atoms with Gasteiger partial charge < -0.3 is 0 Å². The summed E-state index contributed by atoms with van der Waals surface area (Å²) in [5, 5.41) is 0. The molecule has 0 fully saturated rings. The van der Waals surface area contributed by atoms with E-state index in [1.807, 2.05) is 12.2 Å². The molecule has 0 bridgehead atoms. The molecule has 0 heteroatoms. The van der Waals surface area contributed by atoms with Gasteiger partial charge in [0.1, 0.15) is 0 Å². The summed E-state index contributed by atoms with van der Waals surface area (Å²) in [6, 6.07) is 0. The van der Waals surface area contributed by atoms with Crippen molar-refractivity contribution in [2.24, 2.45) is 0 Å². The molecular weight excluding hydrogens is 144 g/mol. The Labute approximate surface area is 76.0 Å². The third-order valence-electron chi connectivity index (χ3n) is 1.43. The second kappa shape index (κ2) is 10.0. The van der Waals surface area contributed by atoms with Gasteiger partial charge >= 0.3 is 0 Å². The number of unbranched alkanes of at least 4 members (excludes halogenated alkanes) is 2. The summed E-state index contributed by atoms with van der Waals surface area (Å²) in [6.45, 7) is 5.76. The number of hydrogen-bond acceptors (Lipinski definition) is 0. The molecule has 0 aliphatic carbocycles. The van der Waals surface area contributed by atoms with E-state index in [-0.39, 0.29) is 0 Å². The van der Waals surface area contributed by atoms with Gasteiger partial charge in [0.05, 0.1) is 0 Å². The largest absolute Gasteiger partial charge is 0.125 e. The Balaban J connectivity index is 3.31. The third-order valence-corrected chi connectivity index (χ3v) is 1.43. The fraction of sp³-hybridized carbons (Fsp3) is 0.417. The van der Waals surface area contributed by atoms with Crippen molar-refractivity contribution < 1.29 is 0 Å². The lowest BCUT2D eigenvalue weighted by Crippen LogP contribution is -1.64. The summed E-state index contributed by atoms with van der Waals surface area (Å²) in [6.07, 6.45) is 14.7. The standard InChI is InChI=1S/C12H18/c1-3-5-7-9-11-12-10-8-6-4-2/h3,5,8-10H,1,4,6,11-12H2,2H3. The Hall–Kier alpha value is -1.00. The van der Waals surface area contributed by atoms with Crippen LogP contribution in [0.5, 0.6) is 0 Å². The third kappa shape index (κ3) is 9.00. The van der Waals surface area contributed by atoms with Gasteiger partial charge in [-0.15, -0.1) is 5.73 Å². The first-order valence-corrected chi connectivity index (χ1v) is 4.58. The van der Waals surface area contributed by atoms with Crippen molar-refractivity contribution >= 4 is 0 Å². The van der Waals surface area contributed by atoms with Crippen LogP contribution in [0.2, 0.25) is 0 Å². The molecule has 0 saturated heterocycles. The van der Waals surface area contributed by atoms with Gasteiger partial charge in [-0.2, -0.15) is 0 Å². The summed E-state index contributed by atoms with van der Waals surface area (Å²) in [5.74, 6) is 0. The minimum atomic E-state index is 1.07. The van der Waals surface area contributed by atoms with E-state index in [4.69, 9.17) is 0 Å². The monoisotopic (exact) mass is 162 g/mol. The summed E-state index contributed by atoms with van der Waals surface area (Å²) in [5.41, 5.74) is 3.02. The van der Waals surface area contributed by atoms with Gasteiger partial charge in [0.25, 0.3) is 0 Å². The SMILES string of the molecule is C=CC=C=CCCC=CCCC. The molecule has 0 radical (unpaired) electrons. The average molecular weight is 162 g/mol. The molecule has 0 N–H and O–H groups in total. The van der Waals surface area contributed by atoms with Gasteiger partial charge in [-0.3, -0.25) is 0 Å². The van der Waals surface area contributed by atoms with Gasteiger partial charge in [0.2, 0.25) is 0 Å². The van der Waals surface area contributed by atoms with E-state index in [2.05, 4.69) is 31.4 Å². The molecule has 0 amide bonds. The zero-order chi connectivity index (χ0) is 9.07. The number of hydrogen-bond donors (Lipinski definition) is 0. The highest BCUT2D eigenvalue weighted by atomic mass is 13.8. The van der Waals surface area contributed by atoms with Crippen molar-refractivity contribution in [2.75, 3.05) is 0 Å². The Bertz CT molecular complexity index is 178. The van der Waals surface area contributed by atoms with Crippen LogP contribution >= 0.6 is 0 Å². The number of allylic oxidation sites excluding steroid dienone is 4. The van der Waals surface area contributed by atoms with E-state index in [1.54, 1.807) is 6.08 Å². The Kier molecular flexibility index (Phi) is 9.17. The van der Waals surface area contributed by atoms with Gasteiger partial charge in [0, 0.05) is 0 Å². The minimum absolute atomic E-state index is 1.07. The molecule has 0 heterocycles. The maximum absolute atomic E-state index is 3.57. The lowest BCUT2D eigenvalue weighted by Gasteiger charge is -1.84. The van der Waals surface area contributed by atoms with Crippen LogP contribution in [0, 0.1) is 0 Å². The van der Waals surface area contributed by atoms with E-state index in [0.717, 1.165) is 12.8 Å². The maximum Gasteiger partial charge on any atom is -0.0209 e. The van der Waals surface area contributed by atoms with Crippen molar-refractivity contribution in [1.82, 2.24) is 0 Å². The molecule has 0 spiro atoms. The first kappa shape index (κ1) is 11.0. The first-order valence-electron chi connectivity index (χ1n) is 4.58. The maximum atomic E-state index is 3.57. The van der Waals surface area contributed by atoms with Crippen molar-refractivity contribution in [3.05, 3.63) is 42.7 Å². The highest BCUT2D eigenvalue weighted by molar-refractivity contribution is 4.98. The van der Waals surface area contributed by atoms with Gasteiger partial charge in [-0.25, -0.2) is 0 Å². The topological polar surface area (TPSA) is 0 Å². The van der Waals surface area contributed by atoms with E-state index in [1.165, 1.54) is 12.8 Å². The zero-order valence-electron chi connectivity index (χ0n) is 7.92. The van der Waals surface area contributed by atoms with Gasteiger partial charge in [0.15, 0.2) is 0 Å². The highest BCUT2D eigenvalue weighted by Crippen LogP contribution is 1.95. The fourth-order valence-electron chi connectivity index (χ4n) is 0.801. The van der Waals surface area contributed by atoms with Gasteiger partial charge in [-0.1, -0.05) is 38.2 Å². The van der Waals surface area contributed by atoms with Crippen LogP contribution in [0.25, 0.3) is 0 Å². The van der Waals surface area contributed by atoms with Crippen LogP contribution in [0.15, 0.2) is 42.7 Å². The zero-order valence-corrected chi connectivity index (χ0v) is 7.92. The average Bonchev–Trinajstić information content (AvgIpc) is 2.10. The summed E-state index contributed by atoms with van der Waals surface area (Å²) < 4.78 is 0. The Morgan fingerprint density at radius 1 is 1.17 bits per heavy atom. The van der Waals surface area contributed by atoms with Crippen LogP contribution in [0.4, 0.5) is 0 Å². The predicted octanol–water partition coefficient (Wildman–Crippen LogP) is 4.02. The van der Waals surface area contributed by atoms with Crippen LogP contribution in [0.1, 0.15) is 32.6 Å². The summed E-state index contributed by atoms with van der Waals surface area (Å²) in [7, 11) is 0. The summed E-state index contributed by atoms with van der Waals surface area (Å²) >= 11 is 0. The molecule has 0 rings (SSSR count). The number of rotatable bonds is 6. The molecule has 66 valence electrons. The van der Waals surface area contributed by atoms with Crippen LogP contribution in [-0.2, 0) is 0 Å². The predicted molar refractivity (Wildman–Crippen MR) is 56.1 cm³/mol. The summed E-state index contributed by atoms with van der Waals surface area (Å²) in [4.78, 5) is 0. The Morgan fingerprint density at radius 2 is 1.92 bits per heavy atom.